The molecule has 4 rings (SSSR count). The number of carbonyl (C=O) groups is 2. The van der Waals surface area contributed by atoms with Crippen LogP contribution in [-0.2, 0) is 15.8 Å². The van der Waals surface area contributed by atoms with Crippen molar-refractivity contribution in [3.05, 3.63) is 94.8 Å². The van der Waals surface area contributed by atoms with Crippen molar-refractivity contribution in [2.45, 2.75) is 37.7 Å². The lowest BCUT2D eigenvalue weighted by Gasteiger charge is -2.42. The van der Waals surface area contributed by atoms with E-state index in [9.17, 15) is 14.7 Å². The molecule has 1 atom stereocenters. The standard InChI is InChI=1S/C26H26N2O4/c1-25(2)13-14-26(31,22-6-4-5-15-27-22)21-16-18(9-12-20(21)25)23(29)28-19-10-7-17(8-11-19)24(30)32-3/h4-12,15-16,31H,13-14H2,1-3H3,(H,28,29). The summed E-state index contributed by atoms with van der Waals surface area (Å²) in [5, 5.41) is 14.5. The average molecular weight is 431 g/mol. The third kappa shape index (κ3) is 3.89. The van der Waals surface area contributed by atoms with Crippen LogP contribution in [0.5, 0.6) is 0 Å². The van der Waals surface area contributed by atoms with E-state index in [0.29, 0.717) is 34.5 Å². The van der Waals surface area contributed by atoms with Gasteiger partial charge in [-0.1, -0.05) is 26.0 Å². The second kappa shape index (κ2) is 8.20. The molecule has 1 aromatic heterocycles. The fourth-order valence-corrected chi connectivity index (χ4v) is 4.26. The molecular weight excluding hydrogens is 404 g/mol. The number of esters is 1. The monoisotopic (exact) mass is 430 g/mol. The summed E-state index contributed by atoms with van der Waals surface area (Å²) in [5.74, 6) is -0.737. The van der Waals surface area contributed by atoms with E-state index < -0.39 is 11.6 Å². The highest BCUT2D eigenvalue weighted by molar-refractivity contribution is 6.04. The normalized spacial score (nSPS) is 19.0. The number of nitrogens with one attached hydrogen (secondary N) is 1. The molecule has 1 aliphatic carbocycles. The number of carbonyl (C=O) groups excluding carboxylic acids is 2. The van der Waals surface area contributed by atoms with Crippen LogP contribution < -0.4 is 5.32 Å². The number of fused-ring (bicyclic) bond motifs is 1. The number of anilines is 1. The van der Waals surface area contributed by atoms with Gasteiger partial charge in [-0.3, -0.25) is 9.78 Å². The van der Waals surface area contributed by atoms with E-state index in [2.05, 4.69) is 24.1 Å². The van der Waals surface area contributed by atoms with Crippen LogP contribution in [0.4, 0.5) is 5.69 Å². The molecule has 0 bridgehead atoms. The minimum Gasteiger partial charge on any atom is -0.465 e. The first-order chi connectivity index (χ1) is 15.2. The summed E-state index contributed by atoms with van der Waals surface area (Å²) in [4.78, 5) is 29.0. The van der Waals surface area contributed by atoms with E-state index in [-0.39, 0.29) is 11.3 Å². The van der Waals surface area contributed by atoms with Crippen molar-refractivity contribution in [3.63, 3.8) is 0 Å². The Balaban J connectivity index is 1.68. The minimum atomic E-state index is -1.26. The van der Waals surface area contributed by atoms with Gasteiger partial charge in [-0.15, -0.1) is 0 Å². The lowest BCUT2D eigenvalue weighted by Crippen LogP contribution is -2.39. The number of ether oxygens (including phenoxy) is 1. The highest BCUT2D eigenvalue weighted by Gasteiger charge is 2.43. The minimum absolute atomic E-state index is 0.130. The first-order valence-electron chi connectivity index (χ1n) is 10.5. The molecule has 1 heterocycles. The Morgan fingerprint density at radius 2 is 1.69 bits per heavy atom. The third-order valence-corrected chi connectivity index (χ3v) is 6.22. The van der Waals surface area contributed by atoms with Crippen LogP contribution in [0, 0.1) is 0 Å². The Kier molecular flexibility index (Phi) is 5.57. The fourth-order valence-electron chi connectivity index (χ4n) is 4.26. The van der Waals surface area contributed by atoms with Crippen molar-refractivity contribution in [3.8, 4) is 0 Å². The largest absolute Gasteiger partial charge is 0.465 e. The van der Waals surface area contributed by atoms with Gasteiger partial charge in [0, 0.05) is 17.4 Å². The number of pyridine rings is 1. The molecule has 164 valence electrons. The average Bonchev–Trinajstić information content (AvgIpc) is 2.82. The summed E-state index contributed by atoms with van der Waals surface area (Å²) >= 11 is 0. The maximum atomic E-state index is 13.0. The van der Waals surface area contributed by atoms with Gasteiger partial charge in [0.1, 0.15) is 5.60 Å². The molecule has 0 saturated carbocycles. The highest BCUT2D eigenvalue weighted by atomic mass is 16.5. The van der Waals surface area contributed by atoms with E-state index in [1.165, 1.54) is 7.11 Å². The van der Waals surface area contributed by atoms with Crippen LogP contribution in [0.2, 0.25) is 0 Å². The molecule has 1 amide bonds. The van der Waals surface area contributed by atoms with Crippen molar-refractivity contribution in [1.29, 1.82) is 0 Å². The topological polar surface area (TPSA) is 88.5 Å². The molecule has 2 N–H and O–H groups in total. The predicted molar refractivity (Wildman–Crippen MR) is 122 cm³/mol. The molecule has 2 aromatic carbocycles. The summed E-state index contributed by atoms with van der Waals surface area (Å²) in [7, 11) is 1.32. The van der Waals surface area contributed by atoms with Crippen molar-refractivity contribution in [2.24, 2.45) is 0 Å². The Bertz CT molecular complexity index is 1160. The van der Waals surface area contributed by atoms with Crippen LogP contribution in [-0.4, -0.2) is 29.1 Å². The molecular formula is C26H26N2O4. The third-order valence-electron chi connectivity index (χ3n) is 6.22. The van der Waals surface area contributed by atoms with Gasteiger partial charge >= 0.3 is 5.97 Å². The predicted octanol–water partition coefficient (Wildman–Crippen LogP) is 4.43. The summed E-state index contributed by atoms with van der Waals surface area (Å²) in [5.41, 5.74) is 2.31. The van der Waals surface area contributed by atoms with Crippen molar-refractivity contribution in [1.82, 2.24) is 4.98 Å². The number of aromatic nitrogens is 1. The van der Waals surface area contributed by atoms with Crippen LogP contribution in [0.1, 0.15) is 64.2 Å². The van der Waals surface area contributed by atoms with Crippen molar-refractivity contribution in [2.75, 3.05) is 12.4 Å². The van der Waals surface area contributed by atoms with E-state index in [0.717, 1.165) is 12.0 Å². The van der Waals surface area contributed by atoms with Crippen LogP contribution in [0.25, 0.3) is 0 Å². The van der Waals surface area contributed by atoms with Crippen LogP contribution in [0.3, 0.4) is 0 Å². The Morgan fingerprint density at radius 1 is 0.969 bits per heavy atom. The van der Waals surface area contributed by atoms with E-state index >= 15 is 0 Å². The number of amides is 1. The highest BCUT2D eigenvalue weighted by Crippen LogP contribution is 2.47. The number of rotatable bonds is 4. The number of hydrogen-bond acceptors (Lipinski definition) is 5. The van der Waals surface area contributed by atoms with Gasteiger partial charge in [-0.2, -0.15) is 0 Å². The molecule has 6 nitrogen and oxygen atoms in total. The summed E-state index contributed by atoms with van der Waals surface area (Å²) in [6.45, 7) is 4.29. The zero-order chi connectivity index (χ0) is 22.9. The van der Waals surface area contributed by atoms with Crippen molar-refractivity contribution < 1.29 is 19.4 Å². The molecule has 1 aliphatic rings. The number of methoxy groups -OCH3 is 1. The molecule has 32 heavy (non-hydrogen) atoms. The maximum absolute atomic E-state index is 13.0. The summed E-state index contributed by atoms with van der Waals surface area (Å²) in [6.07, 6.45) is 2.98. The Hall–Kier alpha value is -3.51. The van der Waals surface area contributed by atoms with Crippen molar-refractivity contribution >= 4 is 17.6 Å². The number of benzene rings is 2. The quantitative estimate of drug-likeness (QED) is 0.598. The van der Waals surface area contributed by atoms with Gasteiger partial charge in [0.25, 0.3) is 5.91 Å². The van der Waals surface area contributed by atoms with Crippen LogP contribution >= 0.6 is 0 Å². The van der Waals surface area contributed by atoms with E-state index in [1.54, 1.807) is 42.6 Å². The van der Waals surface area contributed by atoms with Gasteiger partial charge in [0.15, 0.2) is 0 Å². The number of hydrogen-bond donors (Lipinski definition) is 2. The molecule has 1 unspecified atom stereocenters. The Morgan fingerprint density at radius 3 is 2.34 bits per heavy atom. The van der Waals surface area contributed by atoms with Gasteiger partial charge in [-0.05, 0) is 77.9 Å². The zero-order valence-electron chi connectivity index (χ0n) is 18.4. The first-order valence-corrected chi connectivity index (χ1v) is 10.5. The van der Waals surface area contributed by atoms with Gasteiger partial charge in [0.05, 0.1) is 18.4 Å². The lowest BCUT2D eigenvalue weighted by atomic mass is 9.65. The zero-order valence-corrected chi connectivity index (χ0v) is 18.4. The summed E-state index contributed by atoms with van der Waals surface area (Å²) < 4.78 is 4.70. The second-order valence-electron chi connectivity index (χ2n) is 8.74. The van der Waals surface area contributed by atoms with Gasteiger partial charge in [0.2, 0.25) is 0 Å². The van der Waals surface area contributed by atoms with E-state index in [1.807, 2.05) is 24.3 Å². The number of nitrogens with zero attached hydrogens (tertiary/aromatic N) is 1. The van der Waals surface area contributed by atoms with Gasteiger partial charge in [-0.25, -0.2) is 4.79 Å². The molecule has 0 saturated heterocycles. The summed E-state index contributed by atoms with van der Waals surface area (Å²) in [6, 6.07) is 17.4. The van der Waals surface area contributed by atoms with E-state index in [4.69, 9.17) is 4.74 Å². The SMILES string of the molecule is COC(=O)c1ccc(NC(=O)c2ccc3c(c2)C(O)(c2ccccn2)CCC3(C)C)cc1. The molecule has 0 aliphatic heterocycles. The maximum Gasteiger partial charge on any atom is 0.337 e. The smallest absolute Gasteiger partial charge is 0.337 e. The molecule has 3 aromatic rings. The number of aliphatic hydroxyl groups is 1. The van der Waals surface area contributed by atoms with Gasteiger partial charge < -0.3 is 15.2 Å². The molecule has 0 spiro atoms. The molecule has 6 heteroatoms. The Labute approximate surface area is 187 Å². The lowest BCUT2D eigenvalue weighted by molar-refractivity contribution is 0.0454. The van der Waals surface area contributed by atoms with Crippen LogP contribution in [0.15, 0.2) is 66.9 Å². The molecule has 0 radical (unpaired) electrons. The fraction of sp³-hybridized carbons (Fsp3) is 0.269. The second-order valence-corrected chi connectivity index (χ2v) is 8.74. The molecule has 0 fully saturated rings. The first kappa shape index (κ1) is 21.7.